The van der Waals surface area contributed by atoms with Crippen LogP contribution in [0.5, 0.6) is 0 Å². The minimum Gasteiger partial charge on any atom is -0.390 e. The Morgan fingerprint density at radius 1 is 1.58 bits per heavy atom. The molecule has 0 amide bonds. The Hall–Kier alpha value is -0.870. The summed E-state index contributed by atoms with van der Waals surface area (Å²) in [7, 11) is 0. The van der Waals surface area contributed by atoms with Crippen LogP contribution in [-0.4, -0.2) is 19.3 Å². The summed E-state index contributed by atoms with van der Waals surface area (Å²) in [5, 5.41) is 10.2. The maximum Gasteiger partial charge on any atom is 0.0378 e. The molecule has 1 fully saturated rings. The van der Waals surface area contributed by atoms with E-state index in [-0.39, 0.29) is 0 Å². The Labute approximate surface area is 72.7 Å². The van der Waals surface area contributed by atoms with Crippen LogP contribution < -0.4 is 16.6 Å². The molecule has 0 bridgehead atoms. The molecular weight excluding hydrogens is 152 g/mol. The zero-order valence-electron chi connectivity index (χ0n) is 7.14. The Kier molecular flexibility index (Phi) is 3.76. The number of hydrazine groups is 1. The van der Waals surface area contributed by atoms with E-state index in [0.29, 0.717) is 6.54 Å². The molecule has 68 valence electrons. The van der Waals surface area contributed by atoms with Crippen LogP contribution in [0.25, 0.3) is 0 Å². The van der Waals surface area contributed by atoms with Crippen molar-refractivity contribution in [1.82, 2.24) is 10.7 Å². The first-order valence-electron chi connectivity index (χ1n) is 4.23. The monoisotopic (exact) mass is 168 g/mol. The molecule has 0 atom stereocenters. The number of nitrogens with two attached hydrogens (primary N) is 1. The zero-order chi connectivity index (χ0) is 8.81. The second kappa shape index (κ2) is 4.90. The van der Waals surface area contributed by atoms with Gasteiger partial charge in [-0.1, -0.05) is 0 Å². The van der Waals surface area contributed by atoms with Gasteiger partial charge in [0, 0.05) is 31.1 Å². The van der Waals surface area contributed by atoms with Gasteiger partial charge in [0.2, 0.25) is 0 Å². The Balaban J connectivity index is 2.15. The van der Waals surface area contributed by atoms with E-state index in [4.69, 9.17) is 11.3 Å². The van der Waals surface area contributed by atoms with Gasteiger partial charge in [-0.2, -0.15) is 0 Å². The van der Waals surface area contributed by atoms with Gasteiger partial charge < -0.3 is 10.7 Å². The van der Waals surface area contributed by atoms with Gasteiger partial charge in [-0.05, 0) is 18.8 Å². The van der Waals surface area contributed by atoms with Crippen LogP contribution in [0.4, 0.5) is 0 Å². The molecule has 12 heavy (non-hydrogen) atoms. The molecule has 1 aliphatic carbocycles. The maximum absolute atomic E-state index is 7.04. The van der Waals surface area contributed by atoms with Gasteiger partial charge in [-0.15, -0.1) is 0 Å². The zero-order valence-corrected chi connectivity index (χ0v) is 7.14. The third-order valence-electron chi connectivity index (χ3n) is 1.88. The van der Waals surface area contributed by atoms with Gasteiger partial charge >= 0.3 is 0 Å². The van der Waals surface area contributed by atoms with Gasteiger partial charge in [0.1, 0.15) is 0 Å². The molecule has 0 aromatic carbocycles. The lowest BCUT2D eigenvalue weighted by molar-refractivity contribution is 0.737. The molecule has 0 spiro atoms. The molecule has 4 nitrogen and oxygen atoms in total. The SMILES string of the molecule is N=C/C(=C\NCC1CC1)CNN. The first kappa shape index (κ1) is 9.22. The molecule has 0 aromatic rings. The summed E-state index contributed by atoms with van der Waals surface area (Å²) in [6, 6.07) is 0. The smallest absolute Gasteiger partial charge is 0.0378 e. The molecule has 0 aliphatic heterocycles. The van der Waals surface area contributed by atoms with Gasteiger partial charge in [-0.25, -0.2) is 0 Å². The summed E-state index contributed by atoms with van der Waals surface area (Å²) in [6.45, 7) is 1.57. The normalized spacial score (nSPS) is 17.6. The van der Waals surface area contributed by atoms with E-state index in [2.05, 4.69) is 10.7 Å². The standard InChI is InChI=1S/C8H16N4/c9-3-8(6-12-10)5-11-4-7-1-2-7/h3,5,7,9,11-12H,1-2,4,6,10H2/b8-5+,9-3?. The Morgan fingerprint density at radius 3 is 2.83 bits per heavy atom. The van der Waals surface area contributed by atoms with Gasteiger partial charge in [-0.3, -0.25) is 11.3 Å². The van der Waals surface area contributed by atoms with Gasteiger partial charge in [0.25, 0.3) is 0 Å². The second-order valence-corrected chi connectivity index (χ2v) is 3.10. The topological polar surface area (TPSA) is 73.9 Å². The minimum absolute atomic E-state index is 0.543. The van der Waals surface area contributed by atoms with Gasteiger partial charge in [0.15, 0.2) is 0 Å². The average molecular weight is 168 g/mol. The van der Waals surface area contributed by atoms with Crippen molar-refractivity contribution in [2.75, 3.05) is 13.1 Å². The van der Waals surface area contributed by atoms with E-state index < -0.39 is 0 Å². The van der Waals surface area contributed by atoms with Crippen molar-refractivity contribution in [1.29, 1.82) is 5.41 Å². The van der Waals surface area contributed by atoms with Crippen LogP contribution in [0, 0.1) is 11.3 Å². The quantitative estimate of drug-likeness (QED) is 0.256. The van der Waals surface area contributed by atoms with E-state index in [1.165, 1.54) is 19.1 Å². The molecule has 5 N–H and O–H groups in total. The van der Waals surface area contributed by atoms with Crippen LogP contribution in [-0.2, 0) is 0 Å². The van der Waals surface area contributed by atoms with E-state index in [0.717, 1.165) is 18.0 Å². The molecule has 0 aromatic heterocycles. The number of hydrogen-bond donors (Lipinski definition) is 4. The molecular formula is C8H16N4. The molecule has 0 unspecified atom stereocenters. The first-order valence-corrected chi connectivity index (χ1v) is 4.23. The molecule has 0 heterocycles. The number of hydrogen-bond acceptors (Lipinski definition) is 4. The van der Waals surface area contributed by atoms with Crippen LogP contribution in [0.2, 0.25) is 0 Å². The number of rotatable bonds is 6. The molecule has 0 saturated heterocycles. The van der Waals surface area contributed by atoms with Crippen LogP contribution in [0.3, 0.4) is 0 Å². The number of nitrogens with one attached hydrogen (secondary N) is 3. The van der Waals surface area contributed by atoms with E-state index in [9.17, 15) is 0 Å². The Bertz CT molecular complexity index is 172. The molecule has 1 aliphatic rings. The highest BCUT2D eigenvalue weighted by atomic mass is 15.2. The fraction of sp³-hybridized carbons (Fsp3) is 0.625. The van der Waals surface area contributed by atoms with Crippen molar-refractivity contribution in [2.24, 2.45) is 11.8 Å². The van der Waals surface area contributed by atoms with Crippen molar-refractivity contribution in [3.8, 4) is 0 Å². The minimum atomic E-state index is 0.543. The summed E-state index contributed by atoms with van der Waals surface area (Å²) in [6.07, 6.45) is 5.84. The van der Waals surface area contributed by atoms with Crippen LogP contribution in [0.15, 0.2) is 11.8 Å². The fourth-order valence-electron chi connectivity index (χ4n) is 0.940. The average Bonchev–Trinajstić information content (AvgIpc) is 2.87. The summed E-state index contributed by atoms with van der Waals surface area (Å²) < 4.78 is 0. The summed E-state index contributed by atoms with van der Waals surface area (Å²) in [5.74, 6) is 5.99. The van der Waals surface area contributed by atoms with Crippen molar-refractivity contribution >= 4 is 6.21 Å². The van der Waals surface area contributed by atoms with Gasteiger partial charge in [0.05, 0.1) is 0 Å². The highest BCUT2D eigenvalue weighted by Crippen LogP contribution is 2.27. The summed E-state index contributed by atoms with van der Waals surface area (Å²) >= 11 is 0. The lowest BCUT2D eigenvalue weighted by Gasteiger charge is -2.01. The van der Waals surface area contributed by atoms with E-state index in [1.54, 1.807) is 0 Å². The first-order chi connectivity index (χ1) is 5.86. The third-order valence-corrected chi connectivity index (χ3v) is 1.88. The van der Waals surface area contributed by atoms with Crippen molar-refractivity contribution in [3.63, 3.8) is 0 Å². The highest BCUT2D eigenvalue weighted by Gasteiger charge is 2.19. The van der Waals surface area contributed by atoms with E-state index in [1.807, 2.05) is 6.20 Å². The van der Waals surface area contributed by atoms with Crippen molar-refractivity contribution < 1.29 is 0 Å². The molecule has 1 saturated carbocycles. The third kappa shape index (κ3) is 3.50. The second-order valence-electron chi connectivity index (χ2n) is 3.10. The summed E-state index contributed by atoms with van der Waals surface area (Å²) in [5.41, 5.74) is 3.39. The van der Waals surface area contributed by atoms with Crippen molar-refractivity contribution in [2.45, 2.75) is 12.8 Å². The lowest BCUT2D eigenvalue weighted by Crippen LogP contribution is -2.25. The Morgan fingerprint density at radius 2 is 2.33 bits per heavy atom. The lowest BCUT2D eigenvalue weighted by atomic mass is 10.3. The summed E-state index contributed by atoms with van der Waals surface area (Å²) in [4.78, 5) is 0. The molecule has 0 radical (unpaired) electrons. The van der Waals surface area contributed by atoms with Crippen molar-refractivity contribution in [3.05, 3.63) is 11.8 Å². The predicted octanol–water partition coefficient (Wildman–Crippen LogP) is -0.0172. The fourth-order valence-corrected chi connectivity index (χ4v) is 0.940. The van der Waals surface area contributed by atoms with E-state index >= 15 is 0 Å². The van der Waals surface area contributed by atoms with Crippen LogP contribution in [0.1, 0.15) is 12.8 Å². The predicted molar refractivity (Wildman–Crippen MR) is 49.8 cm³/mol. The largest absolute Gasteiger partial charge is 0.390 e. The maximum atomic E-state index is 7.04. The molecule has 4 heteroatoms. The van der Waals surface area contributed by atoms with Crippen LogP contribution >= 0.6 is 0 Å². The highest BCUT2D eigenvalue weighted by molar-refractivity contribution is 5.75. The molecule has 1 rings (SSSR count).